The van der Waals surface area contributed by atoms with E-state index in [1.165, 1.54) is 17.2 Å². The van der Waals surface area contributed by atoms with Crippen LogP contribution in [0.3, 0.4) is 0 Å². The zero-order chi connectivity index (χ0) is 18.8. The molecule has 1 amide bonds. The van der Waals surface area contributed by atoms with Crippen LogP contribution in [0.25, 0.3) is 0 Å². The van der Waals surface area contributed by atoms with Crippen molar-refractivity contribution in [3.05, 3.63) is 28.6 Å². The summed E-state index contributed by atoms with van der Waals surface area (Å²) >= 11 is 0. The van der Waals surface area contributed by atoms with E-state index < -0.39 is 41.5 Å². The van der Waals surface area contributed by atoms with Crippen molar-refractivity contribution < 1.29 is 23.2 Å². The van der Waals surface area contributed by atoms with Gasteiger partial charge in [0.1, 0.15) is 17.5 Å². The number of aromatic nitrogens is 1. The zero-order valence-electron chi connectivity index (χ0n) is 14.2. The quantitative estimate of drug-likeness (QED) is 0.659. The van der Waals surface area contributed by atoms with E-state index in [1.54, 1.807) is 20.8 Å². The Bertz CT molecular complexity index is 663. The molecule has 0 spiro atoms. The first-order valence-corrected chi connectivity index (χ1v) is 7.67. The fraction of sp³-hybridized carbons (Fsp3) is 0.600. The predicted molar refractivity (Wildman–Crippen MR) is 85.8 cm³/mol. The van der Waals surface area contributed by atoms with Gasteiger partial charge in [-0.2, -0.15) is 0 Å². The summed E-state index contributed by atoms with van der Waals surface area (Å²) < 4.78 is 33.3. The summed E-state index contributed by atoms with van der Waals surface area (Å²) in [7, 11) is 0. The number of hydrogen-bond donors (Lipinski definition) is 1. The number of nitrogens with zero attached hydrogens (tertiary/aromatic N) is 3. The Morgan fingerprint density at radius 2 is 2.20 bits per heavy atom. The van der Waals surface area contributed by atoms with Gasteiger partial charge in [-0.15, -0.1) is 0 Å². The lowest BCUT2D eigenvalue weighted by Gasteiger charge is -2.38. The van der Waals surface area contributed by atoms with E-state index in [0.29, 0.717) is 0 Å². The molecule has 8 nitrogen and oxygen atoms in total. The van der Waals surface area contributed by atoms with E-state index in [4.69, 9.17) is 4.74 Å². The first-order valence-electron chi connectivity index (χ1n) is 7.67. The largest absolute Gasteiger partial charge is 0.444 e. The summed E-state index contributed by atoms with van der Waals surface area (Å²) in [5, 5.41) is 13.5. The molecule has 2 rings (SSSR count). The third-order valence-electron chi connectivity index (χ3n) is 3.44. The molecule has 138 valence electrons. The van der Waals surface area contributed by atoms with Crippen LogP contribution in [0.4, 0.5) is 25.0 Å². The van der Waals surface area contributed by atoms with Crippen LogP contribution in [-0.2, 0) is 4.74 Å². The third kappa shape index (κ3) is 5.23. The maximum absolute atomic E-state index is 14.1. The summed E-state index contributed by atoms with van der Waals surface area (Å²) in [6.45, 7) is 4.31. The second kappa shape index (κ2) is 6.77. The van der Waals surface area contributed by atoms with Crippen LogP contribution in [-0.4, -0.2) is 46.7 Å². The fourth-order valence-electron chi connectivity index (χ4n) is 2.64. The third-order valence-corrected chi connectivity index (χ3v) is 3.44. The summed E-state index contributed by atoms with van der Waals surface area (Å²) in [6, 6.07) is 0.399. The van der Waals surface area contributed by atoms with E-state index in [9.17, 15) is 23.7 Å². The molecule has 1 N–H and O–H groups in total. The van der Waals surface area contributed by atoms with E-state index >= 15 is 0 Å². The fourth-order valence-corrected chi connectivity index (χ4v) is 2.64. The van der Waals surface area contributed by atoms with Gasteiger partial charge < -0.3 is 15.0 Å². The molecule has 0 aromatic carbocycles. The molecule has 1 fully saturated rings. The Morgan fingerprint density at radius 1 is 1.52 bits per heavy atom. The van der Waals surface area contributed by atoms with E-state index in [0.717, 1.165) is 6.20 Å². The highest BCUT2D eigenvalue weighted by Gasteiger charge is 2.42. The Morgan fingerprint density at radius 3 is 2.80 bits per heavy atom. The molecule has 0 bridgehead atoms. The van der Waals surface area contributed by atoms with Gasteiger partial charge in [-0.1, -0.05) is 0 Å². The van der Waals surface area contributed by atoms with Crippen LogP contribution in [0.2, 0.25) is 0 Å². The number of nitro groups is 1. The van der Waals surface area contributed by atoms with Crippen LogP contribution >= 0.6 is 0 Å². The Kier molecular flexibility index (Phi) is 5.09. The molecule has 2 heterocycles. The van der Waals surface area contributed by atoms with Crippen molar-refractivity contribution >= 4 is 17.5 Å². The molecule has 10 heteroatoms. The van der Waals surface area contributed by atoms with Crippen molar-refractivity contribution in [3.63, 3.8) is 0 Å². The molecular formula is C15H20F2N4O4. The lowest BCUT2D eigenvalue weighted by atomic mass is 10.0. The number of amides is 1. The van der Waals surface area contributed by atoms with Crippen molar-refractivity contribution in [2.24, 2.45) is 0 Å². The predicted octanol–water partition coefficient (Wildman–Crippen LogP) is 2.73. The number of nitrogens with one attached hydrogen (secondary N) is 1. The highest BCUT2D eigenvalue weighted by molar-refractivity contribution is 5.68. The van der Waals surface area contributed by atoms with Crippen LogP contribution in [0.15, 0.2) is 18.5 Å². The van der Waals surface area contributed by atoms with Crippen molar-refractivity contribution in [2.45, 2.75) is 44.8 Å². The number of halogens is 2. The molecule has 1 saturated heterocycles. The van der Waals surface area contributed by atoms with E-state index in [-0.39, 0.29) is 17.9 Å². The molecule has 1 atom stereocenters. The first kappa shape index (κ1) is 18.8. The van der Waals surface area contributed by atoms with Crippen LogP contribution < -0.4 is 10.2 Å². The molecule has 1 aromatic rings. The number of alkyl carbamates (subject to hydrolysis) is 1. The SMILES string of the molecule is CC(C)(C)OC(=O)N[C@@H]1CN(c2ccncc2[N+](=O)[O-])CC(F)(F)C1. The number of ether oxygens (including phenoxy) is 1. The summed E-state index contributed by atoms with van der Waals surface area (Å²) in [6.07, 6.45) is 0.935. The highest BCUT2D eigenvalue weighted by Crippen LogP contribution is 2.34. The normalized spacial score (nSPS) is 20.0. The summed E-state index contributed by atoms with van der Waals surface area (Å²) in [5.41, 5.74) is -1.09. The Hall–Kier alpha value is -2.52. The number of pyridine rings is 1. The van der Waals surface area contributed by atoms with Crippen LogP contribution in [0, 0.1) is 10.1 Å². The molecule has 0 saturated carbocycles. The number of rotatable bonds is 3. The first-order chi connectivity index (χ1) is 11.5. The van der Waals surface area contributed by atoms with Gasteiger partial charge in [-0.3, -0.25) is 15.1 Å². The second-order valence-corrected chi connectivity index (χ2v) is 6.91. The molecule has 1 aliphatic heterocycles. The van der Waals surface area contributed by atoms with Gasteiger partial charge in [-0.05, 0) is 26.8 Å². The highest BCUT2D eigenvalue weighted by atomic mass is 19.3. The Balaban J connectivity index is 2.19. The van der Waals surface area contributed by atoms with Gasteiger partial charge in [0.05, 0.1) is 17.5 Å². The lowest BCUT2D eigenvalue weighted by Crippen LogP contribution is -2.56. The van der Waals surface area contributed by atoms with Crippen molar-refractivity contribution in [2.75, 3.05) is 18.0 Å². The van der Waals surface area contributed by atoms with Crippen LogP contribution in [0.1, 0.15) is 27.2 Å². The van der Waals surface area contributed by atoms with Gasteiger partial charge >= 0.3 is 11.8 Å². The van der Waals surface area contributed by atoms with Gasteiger partial charge in [-0.25, -0.2) is 13.6 Å². The smallest absolute Gasteiger partial charge is 0.407 e. The topological polar surface area (TPSA) is 97.6 Å². The number of alkyl halides is 2. The number of anilines is 1. The average molecular weight is 358 g/mol. The minimum absolute atomic E-state index is 0.000311. The van der Waals surface area contributed by atoms with Gasteiger partial charge in [0.2, 0.25) is 0 Å². The van der Waals surface area contributed by atoms with Crippen molar-refractivity contribution in [1.82, 2.24) is 10.3 Å². The van der Waals surface area contributed by atoms with Crippen LogP contribution in [0.5, 0.6) is 0 Å². The average Bonchev–Trinajstić information content (AvgIpc) is 2.43. The summed E-state index contributed by atoms with van der Waals surface area (Å²) in [5.74, 6) is -3.12. The van der Waals surface area contributed by atoms with Crippen molar-refractivity contribution in [3.8, 4) is 0 Å². The molecule has 1 aromatic heterocycles. The van der Waals surface area contributed by atoms with E-state index in [1.807, 2.05) is 0 Å². The van der Waals surface area contributed by atoms with E-state index in [2.05, 4.69) is 10.3 Å². The standard InChI is InChI=1S/C15H20F2N4O4/c1-14(2,3)25-13(22)19-10-6-15(16,17)9-20(8-10)11-4-5-18-7-12(11)21(23)24/h4-5,7,10H,6,8-9H2,1-3H3,(H,19,22)/t10-/m0/s1. The zero-order valence-corrected chi connectivity index (χ0v) is 14.2. The molecule has 0 unspecified atom stereocenters. The van der Waals surface area contributed by atoms with Gasteiger partial charge in [0, 0.05) is 19.2 Å². The molecular weight excluding hydrogens is 338 g/mol. The lowest BCUT2D eigenvalue weighted by molar-refractivity contribution is -0.384. The minimum Gasteiger partial charge on any atom is -0.444 e. The molecule has 1 aliphatic rings. The number of hydrogen-bond acceptors (Lipinski definition) is 6. The monoisotopic (exact) mass is 358 g/mol. The molecule has 0 aliphatic carbocycles. The number of piperidine rings is 1. The van der Waals surface area contributed by atoms with Crippen molar-refractivity contribution in [1.29, 1.82) is 0 Å². The minimum atomic E-state index is -3.12. The maximum atomic E-state index is 14.1. The molecule has 25 heavy (non-hydrogen) atoms. The number of carbonyl (C=O) groups excluding carboxylic acids is 1. The number of carbonyl (C=O) groups is 1. The van der Waals surface area contributed by atoms with Gasteiger partial charge in [0.15, 0.2) is 0 Å². The Labute approximate surface area is 143 Å². The molecule has 0 radical (unpaired) electrons. The second-order valence-electron chi connectivity index (χ2n) is 6.91. The summed E-state index contributed by atoms with van der Waals surface area (Å²) in [4.78, 5) is 27.1. The maximum Gasteiger partial charge on any atom is 0.407 e. The van der Waals surface area contributed by atoms with Gasteiger partial charge in [0.25, 0.3) is 5.92 Å².